The van der Waals surface area contributed by atoms with Crippen LogP contribution < -0.4 is 5.32 Å². The highest BCUT2D eigenvalue weighted by Gasteiger charge is 2.37. The summed E-state index contributed by atoms with van der Waals surface area (Å²) in [6.45, 7) is 6.13. The van der Waals surface area contributed by atoms with Crippen LogP contribution in [0.25, 0.3) is 0 Å². The summed E-state index contributed by atoms with van der Waals surface area (Å²) in [5.41, 5.74) is 0.961. The van der Waals surface area contributed by atoms with Gasteiger partial charge in [0.2, 0.25) is 10.0 Å². The standard InChI is InChI=1S/C16H24N2O2S/c1-16(2)9-10-18(12-16)21(19,20)15-6-4-3-5-13(15)11-17-14-7-8-14/h3-6,14,17H,7-12H2,1-2H3. The van der Waals surface area contributed by atoms with Gasteiger partial charge in [0, 0.05) is 25.7 Å². The van der Waals surface area contributed by atoms with Crippen LogP contribution in [0.5, 0.6) is 0 Å². The van der Waals surface area contributed by atoms with Crippen molar-refractivity contribution in [2.75, 3.05) is 13.1 Å². The second kappa shape index (κ2) is 5.38. The third-order valence-corrected chi connectivity index (χ3v) is 6.34. The Morgan fingerprint density at radius 2 is 2.00 bits per heavy atom. The fourth-order valence-electron chi connectivity index (χ4n) is 2.85. The number of hydrogen-bond donors (Lipinski definition) is 1. The van der Waals surface area contributed by atoms with Crippen LogP contribution in [-0.2, 0) is 16.6 Å². The second-order valence-corrected chi connectivity index (χ2v) is 8.92. The van der Waals surface area contributed by atoms with Gasteiger partial charge in [0.05, 0.1) is 4.90 Å². The van der Waals surface area contributed by atoms with E-state index >= 15 is 0 Å². The SMILES string of the molecule is CC1(C)CCN(S(=O)(=O)c2ccccc2CNC2CC2)C1. The zero-order valence-electron chi connectivity index (χ0n) is 12.8. The van der Waals surface area contributed by atoms with Crippen molar-refractivity contribution < 1.29 is 8.42 Å². The van der Waals surface area contributed by atoms with Gasteiger partial charge in [-0.1, -0.05) is 32.0 Å². The van der Waals surface area contributed by atoms with Crippen LogP contribution in [0.2, 0.25) is 0 Å². The van der Waals surface area contributed by atoms with E-state index < -0.39 is 10.0 Å². The Morgan fingerprint density at radius 1 is 1.29 bits per heavy atom. The summed E-state index contributed by atoms with van der Waals surface area (Å²) in [6.07, 6.45) is 3.33. The van der Waals surface area contributed by atoms with Crippen LogP contribution in [0.15, 0.2) is 29.2 Å². The van der Waals surface area contributed by atoms with Crippen LogP contribution in [0.4, 0.5) is 0 Å². The van der Waals surface area contributed by atoms with Crippen molar-refractivity contribution in [1.29, 1.82) is 0 Å². The van der Waals surface area contributed by atoms with E-state index in [4.69, 9.17) is 0 Å². The molecule has 4 nitrogen and oxygen atoms in total. The number of hydrogen-bond acceptors (Lipinski definition) is 3. The molecular weight excluding hydrogens is 284 g/mol. The molecule has 1 aliphatic carbocycles. The van der Waals surface area contributed by atoms with Gasteiger partial charge in [-0.15, -0.1) is 0 Å². The van der Waals surface area contributed by atoms with E-state index in [0.717, 1.165) is 12.0 Å². The van der Waals surface area contributed by atoms with Crippen molar-refractivity contribution in [2.45, 2.75) is 50.6 Å². The van der Waals surface area contributed by atoms with Gasteiger partial charge in [-0.2, -0.15) is 4.31 Å². The van der Waals surface area contributed by atoms with E-state index in [1.54, 1.807) is 10.4 Å². The molecule has 3 rings (SSSR count). The third kappa shape index (κ3) is 3.30. The molecule has 0 unspecified atom stereocenters. The molecule has 0 amide bonds. The first-order chi connectivity index (χ1) is 9.88. The van der Waals surface area contributed by atoms with Gasteiger partial charge in [0.25, 0.3) is 0 Å². The van der Waals surface area contributed by atoms with Crippen molar-refractivity contribution in [3.8, 4) is 0 Å². The maximum Gasteiger partial charge on any atom is 0.243 e. The number of benzene rings is 1. The highest BCUT2D eigenvalue weighted by atomic mass is 32.2. The molecule has 0 radical (unpaired) electrons. The van der Waals surface area contributed by atoms with Crippen molar-refractivity contribution in [3.05, 3.63) is 29.8 Å². The van der Waals surface area contributed by atoms with E-state index in [1.807, 2.05) is 18.2 Å². The summed E-state index contributed by atoms with van der Waals surface area (Å²) in [4.78, 5) is 0.468. The molecule has 1 aliphatic heterocycles. The van der Waals surface area contributed by atoms with Gasteiger partial charge >= 0.3 is 0 Å². The fourth-order valence-corrected chi connectivity index (χ4v) is 4.70. The van der Waals surface area contributed by atoms with E-state index in [1.165, 1.54) is 12.8 Å². The minimum atomic E-state index is -3.37. The average molecular weight is 308 g/mol. The Bertz CT molecular complexity index is 621. The molecule has 0 atom stereocenters. The molecule has 0 spiro atoms. The minimum absolute atomic E-state index is 0.0777. The predicted molar refractivity (Wildman–Crippen MR) is 83.5 cm³/mol. The molecule has 116 valence electrons. The quantitative estimate of drug-likeness (QED) is 0.908. The molecule has 0 aromatic heterocycles. The number of nitrogens with zero attached hydrogens (tertiary/aromatic N) is 1. The van der Waals surface area contributed by atoms with E-state index in [2.05, 4.69) is 19.2 Å². The summed E-state index contributed by atoms with van der Waals surface area (Å²) >= 11 is 0. The Balaban J connectivity index is 1.84. The maximum absolute atomic E-state index is 12.9. The first kappa shape index (κ1) is 15.0. The molecule has 1 heterocycles. The zero-order valence-corrected chi connectivity index (χ0v) is 13.6. The number of sulfonamides is 1. The first-order valence-electron chi connectivity index (χ1n) is 7.70. The zero-order chi connectivity index (χ0) is 15.1. The van der Waals surface area contributed by atoms with Gasteiger partial charge in [0.15, 0.2) is 0 Å². The average Bonchev–Trinajstić information content (AvgIpc) is 3.19. The van der Waals surface area contributed by atoms with Crippen LogP contribution in [0, 0.1) is 5.41 Å². The highest BCUT2D eigenvalue weighted by molar-refractivity contribution is 7.89. The van der Waals surface area contributed by atoms with Crippen molar-refractivity contribution in [3.63, 3.8) is 0 Å². The normalized spacial score (nSPS) is 22.6. The van der Waals surface area contributed by atoms with E-state index in [0.29, 0.717) is 30.6 Å². The summed E-state index contributed by atoms with van der Waals surface area (Å²) in [7, 11) is -3.37. The summed E-state index contributed by atoms with van der Waals surface area (Å²) in [6, 6.07) is 7.96. The lowest BCUT2D eigenvalue weighted by Gasteiger charge is -2.21. The molecule has 1 saturated carbocycles. The number of nitrogens with one attached hydrogen (secondary N) is 1. The summed E-state index contributed by atoms with van der Waals surface area (Å²) in [5.74, 6) is 0. The van der Waals surface area contributed by atoms with Crippen LogP contribution >= 0.6 is 0 Å². The van der Waals surface area contributed by atoms with Crippen molar-refractivity contribution in [1.82, 2.24) is 9.62 Å². The van der Waals surface area contributed by atoms with Crippen molar-refractivity contribution in [2.24, 2.45) is 5.41 Å². The molecule has 2 fully saturated rings. The predicted octanol–water partition coefficient (Wildman–Crippen LogP) is 2.36. The lowest BCUT2D eigenvalue weighted by molar-refractivity contribution is 0.375. The lowest BCUT2D eigenvalue weighted by Crippen LogP contribution is -2.31. The molecular formula is C16H24N2O2S. The topological polar surface area (TPSA) is 49.4 Å². The molecule has 1 N–H and O–H groups in total. The summed E-state index contributed by atoms with van der Waals surface area (Å²) < 4.78 is 27.4. The molecule has 2 aliphatic rings. The monoisotopic (exact) mass is 308 g/mol. The Kier molecular flexibility index (Phi) is 3.84. The molecule has 1 aromatic rings. The largest absolute Gasteiger partial charge is 0.310 e. The van der Waals surface area contributed by atoms with E-state index in [-0.39, 0.29) is 5.41 Å². The molecule has 1 aromatic carbocycles. The highest BCUT2D eigenvalue weighted by Crippen LogP contribution is 2.33. The Labute approximate surface area is 127 Å². The molecule has 0 bridgehead atoms. The number of rotatable bonds is 5. The smallest absolute Gasteiger partial charge is 0.243 e. The van der Waals surface area contributed by atoms with Crippen LogP contribution in [-0.4, -0.2) is 31.9 Å². The van der Waals surface area contributed by atoms with Gasteiger partial charge in [-0.25, -0.2) is 8.42 Å². The van der Waals surface area contributed by atoms with Gasteiger partial charge < -0.3 is 5.32 Å². The van der Waals surface area contributed by atoms with E-state index in [9.17, 15) is 8.42 Å². The fraction of sp³-hybridized carbons (Fsp3) is 0.625. The molecule has 21 heavy (non-hydrogen) atoms. The maximum atomic E-state index is 12.9. The Morgan fingerprint density at radius 3 is 2.62 bits per heavy atom. The van der Waals surface area contributed by atoms with Gasteiger partial charge in [-0.05, 0) is 36.3 Å². The first-order valence-corrected chi connectivity index (χ1v) is 9.14. The lowest BCUT2D eigenvalue weighted by atomic mass is 9.93. The second-order valence-electron chi connectivity index (χ2n) is 7.02. The molecule has 1 saturated heterocycles. The van der Waals surface area contributed by atoms with Crippen LogP contribution in [0.1, 0.15) is 38.7 Å². The van der Waals surface area contributed by atoms with Gasteiger partial charge in [-0.3, -0.25) is 0 Å². The van der Waals surface area contributed by atoms with Crippen LogP contribution in [0.3, 0.4) is 0 Å². The summed E-state index contributed by atoms with van der Waals surface area (Å²) in [5, 5.41) is 3.41. The van der Waals surface area contributed by atoms with Gasteiger partial charge in [0.1, 0.15) is 0 Å². The van der Waals surface area contributed by atoms with Crippen molar-refractivity contribution >= 4 is 10.0 Å². The Hall–Kier alpha value is -0.910. The molecule has 5 heteroatoms. The minimum Gasteiger partial charge on any atom is -0.310 e. The third-order valence-electron chi connectivity index (χ3n) is 4.39.